The molecule has 0 saturated carbocycles. The van der Waals surface area contributed by atoms with Crippen molar-refractivity contribution in [3.63, 3.8) is 0 Å². The maximum absolute atomic E-state index is 11.8. The summed E-state index contributed by atoms with van der Waals surface area (Å²) in [5.74, 6) is -1.36. The number of hydrogen-bond donors (Lipinski definition) is 3. The van der Waals surface area contributed by atoms with Gasteiger partial charge in [0.05, 0.1) is 16.6 Å². The fraction of sp³-hybridized carbons (Fsp3) is 0.385. The van der Waals surface area contributed by atoms with Crippen LogP contribution in [0.25, 0.3) is 0 Å². The van der Waals surface area contributed by atoms with Crippen molar-refractivity contribution in [2.75, 3.05) is 5.32 Å². The lowest BCUT2D eigenvalue weighted by atomic mass is 9.99. The van der Waals surface area contributed by atoms with Crippen molar-refractivity contribution in [2.24, 2.45) is 11.7 Å². The monoisotopic (exact) mass is 284 g/mol. The van der Waals surface area contributed by atoms with Gasteiger partial charge in [-0.05, 0) is 24.1 Å². The maximum atomic E-state index is 11.8. The standard InChI is InChI=1S/C13H17ClN2O3/c1-3-7(2)11(15)12(17)16-8-4-5-9(13(18)19)10(14)6-8/h4-7,11H,3,15H2,1-2H3,(H,16,17)(H,18,19)/t7?,11-/m0/s1. The Hall–Kier alpha value is -1.59. The number of anilines is 1. The van der Waals surface area contributed by atoms with Gasteiger partial charge < -0.3 is 16.2 Å². The van der Waals surface area contributed by atoms with Gasteiger partial charge in [0.1, 0.15) is 0 Å². The van der Waals surface area contributed by atoms with E-state index in [1.165, 1.54) is 18.2 Å². The first-order valence-electron chi connectivity index (χ1n) is 5.96. The van der Waals surface area contributed by atoms with Crippen molar-refractivity contribution in [1.82, 2.24) is 0 Å². The van der Waals surface area contributed by atoms with Crippen LogP contribution < -0.4 is 11.1 Å². The fourth-order valence-corrected chi connectivity index (χ4v) is 1.77. The highest BCUT2D eigenvalue weighted by Gasteiger charge is 2.19. The number of nitrogens with one attached hydrogen (secondary N) is 1. The molecular weight excluding hydrogens is 268 g/mol. The second-order valence-corrected chi connectivity index (χ2v) is 4.81. The first-order valence-corrected chi connectivity index (χ1v) is 6.33. The Labute approximate surface area is 116 Å². The number of hydrogen-bond acceptors (Lipinski definition) is 3. The molecule has 0 bridgehead atoms. The zero-order chi connectivity index (χ0) is 14.6. The number of rotatable bonds is 5. The van der Waals surface area contributed by atoms with E-state index in [9.17, 15) is 9.59 Å². The summed E-state index contributed by atoms with van der Waals surface area (Å²) in [5.41, 5.74) is 6.22. The number of carbonyl (C=O) groups is 2. The summed E-state index contributed by atoms with van der Waals surface area (Å²) in [5, 5.41) is 11.5. The van der Waals surface area contributed by atoms with Crippen molar-refractivity contribution < 1.29 is 14.7 Å². The number of carboxylic acid groups (broad SMARTS) is 1. The molecule has 1 aromatic carbocycles. The van der Waals surface area contributed by atoms with E-state index in [-0.39, 0.29) is 22.4 Å². The number of aromatic carboxylic acids is 1. The molecule has 1 rings (SSSR count). The fourth-order valence-electron chi connectivity index (χ4n) is 1.50. The molecule has 0 heterocycles. The maximum Gasteiger partial charge on any atom is 0.337 e. The summed E-state index contributed by atoms with van der Waals surface area (Å²) < 4.78 is 0. The average Bonchev–Trinajstić information content (AvgIpc) is 2.36. The lowest BCUT2D eigenvalue weighted by Gasteiger charge is -2.17. The van der Waals surface area contributed by atoms with Gasteiger partial charge in [0.15, 0.2) is 0 Å². The molecule has 0 radical (unpaired) electrons. The number of carboxylic acids is 1. The zero-order valence-electron chi connectivity index (χ0n) is 10.8. The van der Waals surface area contributed by atoms with Crippen LogP contribution in [0.5, 0.6) is 0 Å². The molecule has 0 fully saturated rings. The summed E-state index contributed by atoms with van der Waals surface area (Å²) in [7, 11) is 0. The Kier molecular flexibility index (Phi) is 5.32. The van der Waals surface area contributed by atoms with Crippen LogP contribution in [0, 0.1) is 5.92 Å². The number of benzene rings is 1. The summed E-state index contributed by atoms with van der Waals surface area (Å²) >= 11 is 5.81. The van der Waals surface area contributed by atoms with E-state index in [2.05, 4.69) is 5.32 Å². The molecule has 0 spiro atoms. The van der Waals surface area contributed by atoms with E-state index in [0.29, 0.717) is 5.69 Å². The molecule has 1 unspecified atom stereocenters. The van der Waals surface area contributed by atoms with Gasteiger partial charge >= 0.3 is 5.97 Å². The van der Waals surface area contributed by atoms with Crippen LogP contribution in [0.2, 0.25) is 5.02 Å². The van der Waals surface area contributed by atoms with Gasteiger partial charge in [-0.1, -0.05) is 31.9 Å². The van der Waals surface area contributed by atoms with Crippen LogP contribution in [0.15, 0.2) is 18.2 Å². The van der Waals surface area contributed by atoms with Crippen molar-refractivity contribution in [3.8, 4) is 0 Å². The summed E-state index contributed by atoms with van der Waals surface area (Å²) in [6.07, 6.45) is 0.799. The molecule has 0 aliphatic rings. The molecule has 104 valence electrons. The highest BCUT2D eigenvalue weighted by molar-refractivity contribution is 6.33. The SMILES string of the molecule is CCC(C)[C@H](N)C(=O)Nc1ccc(C(=O)O)c(Cl)c1. The van der Waals surface area contributed by atoms with Gasteiger partial charge in [-0.25, -0.2) is 4.79 Å². The molecule has 5 nitrogen and oxygen atoms in total. The minimum Gasteiger partial charge on any atom is -0.478 e. The van der Waals surface area contributed by atoms with E-state index in [1.807, 2.05) is 13.8 Å². The first-order chi connectivity index (χ1) is 8.86. The lowest BCUT2D eigenvalue weighted by Crippen LogP contribution is -2.40. The van der Waals surface area contributed by atoms with Crippen molar-refractivity contribution in [2.45, 2.75) is 26.3 Å². The van der Waals surface area contributed by atoms with Gasteiger partial charge in [-0.2, -0.15) is 0 Å². The van der Waals surface area contributed by atoms with Crippen LogP contribution in [0.3, 0.4) is 0 Å². The predicted molar refractivity (Wildman–Crippen MR) is 74.5 cm³/mol. The molecule has 1 aromatic rings. The molecular formula is C13H17ClN2O3. The molecule has 1 amide bonds. The van der Waals surface area contributed by atoms with Crippen LogP contribution in [0.1, 0.15) is 30.6 Å². The van der Waals surface area contributed by atoms with E-state index < -0.39 is 12.0 Å². The highest BCUT2D eigenvalue weighted by atomic mass is 35.5. The summed E-state index contributed by atoms with van der Waals surface area (Å²) in [4.78, 5) is 22.6. The Bertz CT molecular complexity index is 491. The van der Waals surface area contributed by atoms with E-state index in [0.717, 1.165) is 6.42 Å². The normalized spacial score (nSPS) is 13.7. The summed E-state index contributed by atoms with van der Waals surface area (Å²) in [6, 6.07) is 3.61. The molecule has 0 aliphatic heterocycles. The largest absolute Gasteiger partial charge is 0.478 e. The van der Waals surface area contributed by atoms with Crippen LogP contribution in [-0.2, 0) is 4.79 Å². The quantitative estimate of drug-likeness (QED) is 0.774. The van der Waals surface area contributed by atoms with Gasteiger partial charge in [0, 0.05) is 5.69 Å². The third-order valence-corrected chi connectivity index (χ3v) is 3.34. The Balaban J connectivity index is 2.81. The topological polar surface area (TPSA) is 92.4 Å². The average molecular weight is 285 g/mol. The van der Waals surface area contributed by atoms with Gasteiger partial charge in [-0.3, -0.25) is 4.79 Å². The third-order valence-electron chi connectivity index (χ3n) is 3.03. The molecule has 0 aliphatic carbocycles. The van der Waals surface area contributed by atoms with Gasteiger partial charge in [-0.15, -0.1) is 0 Å². The molecule has 2 atom stereocenters. The van der Waals surface area contributed by atoms with Crippen molar-refractivity contribution in [1.29, 1.82) is 0 Å². The number of amides is 1. The second-order valence-electron chi connectivity index (χ2n) is 4.40. The highest BCUT2D eigenvalue weighted by Crippen LogP contribution is 2.21. The smallest absolute Gasteiger partial charge is 0.337 e. The minimum atomic E-state index is -1.11. The molecule has 0 saturated heterocycles. The van der Waals surface area contributed by atoms with E-state index >= 15 is 0 Å². The second kappa shape index (κ2) is 6.54. The molecule has 4 N–H and O–H groups in total. The lowest BCUT2D eigenvalue weighted by molar-refractivity contribution is -0.118. The van der Waals surface area contributed by atoms with Crippen LogP contribution in [0.4, 0.5) is 5.69 Å². The molecule has 0 aromatic heterocycles. The van der Waals surface area contributed by atoms with E-state index in [1.54, 1.807) is 0 Å². The molecule has 19 heavy (non-hydrogen) atoms. The number of nitrogens with two attached hydrogens (primary N) is 1. The Morgan fingerprint density at radius 2 is 2.11 bits per heavy atom. The third kappa shape index (κ3) is 3.94. The predicted octanol–water partition coefficient (Wildman–Crippen LogP) is 2.35. The minimum absolute atomic E-state index is 0.00843. The number of halogens is 1. The van der Waals surface area contributed by atoms with Crippen molar-refractivity contribution >= 4 is 29.2 Å². The first kappa shape index (κ1) is 15.5. The van der Waals surface area contributed by atoms with E-state index in [4.69, 9.17) is 22.4 Å². The van der Waals surface area contributed by atoms with Crippen LogP contribution >= 0.6 is 11.6 Å². The zero-order valence-corrected chi connectivity index (χ0v) is 11.6. The molecule has 6 heteroatoms. The Morgan fingerprint density at radius 1 is 1.47 bits per heavy atom. The Morgan fingerprint density at radius 3 is 2.58 bits per heavy atom. The summed E-state index contributed by atoms with van der Waals surface area (Å²) in [6.45, 7) is 3.85. The van der Waals surface area contributed by atoms with Crippen molar-refractivity contribution in [3.05, 3.63) is 28.8 Å². The van der Waals surface area contributed by atoms with Crippen LogP contribution in [-0.4, -0.2) is 23.0 Å². The van der Waals surface area contributed by atoms with Gasteiger partial charge in [0.25, 0.3) is 0 Å². The number of carbonyl (C=O) groups excluding carboxylic acids is 1. The van der Waals surface area contributed by atoms with Gasteiger partial charge in [0.2, 0.25) is 5.91 Å².